The Morgan fingerprint density at radius 1 is 0.840 bits per heavy atom. The average molecular weight is 360 g/mol. The van der Waals surface area contributed by atoms with Crippen molar-refractivity contribution in [3.05, 3.63) is 62.2 Å². The fourth-order valence-corrected chi connectivity index (χ4v) is 3.97. The molecule has 0 aromatic heterocycles. The standard InChI is InChI=1S/C22H30ClNO/c1-12-13(2)15(4)20(16(5)14(12)3)22(25,21(6,7)8)18-11-17(23)9-10-19(18)24/h9-11,25H,24H2,1-8H3. The molecule has 3 heteroatoms. The van der Waals surface area contributed by atoms with Gasteiger partial charge in [-0.3, -0.25) is 0 Å². The van der Waals surface area contributed by atoms with Crippen molar-refractivity contribution < 1.29 is 5.11 Å². The molecule has 25 heavy (non-hydrogen) atoms. The molecule has 1 atom stereocenters. The van der Waals surface area contributed by atoms with E-state index in [2.05, 4.69) is 34.6 Å². The molecule has 2 aromatic rings. The number of hydrogen-bond acceptors (Lipinski definition) is 2. The van der Waals surface area contributed by atoms with Gasteiger partial charge in [0.2, 0.25) is 0 Å². The molecule has 0 bridgehead atoms. The van der Waals surface area contributed by atoms with Crippen molar-refractivity contribution in [3.63, 3.8) is 0 Å². The van der Waals surface area contributed by atoms with E-state index in [4.69, 9.17) is 17.3 Å². The van der Waals surface area contributed by atoms with Crippen LogP contribution in [0.3, 0.4) is 0 Å². The largest absolute Gasteiger partial charge is 0.398 e. The fourth-order valence-electron chi connectivity index (χ4n) is 3.80. The smallest absolute Gasteiger partial charge is 0.122 e. The molecule has 0 saturated carbocycles. The van der Waals surface area contributed by atoms with E-state index in [9.17, 15) is 5.11 Å². The molecular weight excluding hydrogens is 330 g/mol. The number of benzene rings is 2. The topological polar surface area (TPSA) is 46.2 Å². The van der Waals surface area contributed by atoms with Crippen LogP contribution >= 0.6 is 11.6 Å². The summed E-state index contributed by atoms with van der Waals surface area (Å²) >= 11 is 6.26. The maximum absolute atomic E-state index is 12.2. The minimum Gasteiger partial charge on any atom is -0.398 e. The molecule has 0 amide bonds. The third-order valence-corrected chi connectivity index (χ3v) is 6.09. The van der Waals surface area contributed by atoms with Crippen LogP contribution < -0.4 is 5.73 Å². The van der Waals surface area contributed by atoms with Gasteiger partial charge in [-0.2, -0.15) is 0 Å². The lowest BCUT2D eigenvalue weighted by Gasteiger charge is -2.44. The van der Waals surface area contributed by atoms with Crippen molar-refractivity contribution in [3.8, 4) is 0 Å². The molecule has 0 saturated heterocycles. The SMILES string of the molecule is Cc1c(C)c(C)c(C(O)(c2cc(Cl)ccc2N)C(C)(C)C)c(C)c1C. The van der Waals surface area contributed by atoms with Crippen molar-refractivity contribution >= 4 is 17.3 Å². The quantitative estimate of drug-likeness (QED) is 0.671. The molecule has 2 nitrogen and oxygen atoms in total. The molecule has 0 aliphatic rings. The number of nitrogen functional groups attached to an aromatic ring is 1. The van der Waals surface area contributed by atoms with Gasteiger partial charge in [-0.1, -0.05) is 32.4 Å². The second-order valence-electron chi connectivity index (χ2n) is 8.19. The summed E-state index contributed by atoms with van der Waals surface area (Å²) in [6, 6.07) is 5.33. The van der Waals surface area contributed by atoms with Crippen molar-refractivity contribution in [2.45, 2.75) is 61.0 Å². The summed E-state index contributed by atoms with van der Waals surface area (Å²) in [4.78, 5) is 0. The molecule has 136 valence electrons. The second-order valence-corrected chi connectivity index (χ2v) is 8.63. The maximum atomic E-state index is 12.2. The van der Waals surface area contributed by atoms with Gasteiger partial charge in [0, 0.05) is 16.3 Å². The predicted octanol–water partition coefficient (Wildman–Crippen LogP) is 5.75. The Morgan fingerprint density at radius 2 is 1.28 bits per heavy atom. The number of nitrogens with two attached hydrogens (primary N) is 1. The monoisotopic (exact) mass is 359 g/mol. The zero-order valence-corrected chi connectivity index (χ0v) is 17.4. The Hall–Kier alpha value is -1.51. The zero-order valence-electron chi connectivity index (χ0n) is 16.6. The van der Waals surface area contributed by atoms with Gasteiger partial charge in [-0.25, -0.2) is 0 Å². The molecule has 3 N–H and O–H groups in total. The lowest BCUT2D eigenvalue weighted by Crippen LogP contribution is -2.43. The van der Waals surface area contributed by atoms with Crippen molar-refractivity contribution in [1.82, 2.24) is 0 Å². The molecule has 0 radical (unpaired) electrons. The van der Waals surface area contributed by atoms with E-state index in [1.54, 1.807) is 18.2 Å². The molecule has 0 heterocycles. The van der Waals surface area contributed by atoms with Crippen LogP contribution in [0.1, 0.15) is 59.7 Å². The number of rotatable bonds is 2. The van der Waals surface area contributed by atoms with Gasteiger partial charge in [0.15, 0.2) is 0 Å². The first-order chi connectivity index (χ1) is 11.3. The molecule has 2 rings (SSSR count). The zero-order chi connectivity index (χ0) is 19.3. The lowest BCUT2D eigenvalue weighted by atomic mass is 9.64. The predicted molar refractivity (Wildman–Crippen MR) is 108 cm³/mol. The Bertz CT molecular complexity index is 804. The Labute approximate surface area is 157 Å². The molecule has 0 aliphatic carbocycles. The van der Waals surface area contributed by atoms with Crippen LogP contribution in [0.5, 0.6) is 0 Å². The van der Waals surface area contributed by atoms with Gasteiger partial charge in [0.1, 0.15) is 5.60 Å². The maximum Gasteiger partial charge on any atom is 0.122 e. The lowest BCUT2D eigenvalue weighted by molar-refractivity contribution is -0.0264. The Kier molecular flexibility index (Phi) is 5.02. The van der Waals surface area contributed by atoms with Crippen LogP contribution in [0.2, 0.25) is 5.02 Å². The number of halogens is 1. The van der Waals surface area contributed by atoms with E-state index in [0.717, 1.165) is 16.7 Å². The average Bonchev–Trinajstić information content (AvgIpc) is 2.52. The van der Waals surface area contributed by atoms with Gasteiger partial charge < -0.3 is 10.8 Å². The van der Waals surface area contributed by atoms with Gasteiger partial charge >= 0.3 is 0 Å². The van der Waals surface area contributed by atoms with E-state index in [1.165, 1.54) is 16.7 Å². The minimum atomic E-state index is -1.25. The third kappa shape index (κ3) is 2.96. The van der Waals surface area contributed by atoms with Crippen molar-refractivity contribution in [2.24, 2.45) is 5.41 Å². The summed E-state index contributed by atoms with van der Waals surface area (Å²) in [6.45, 7) is 16.7. The summed E-state index contributed by atoms with van der Waals surface area (Å²) in [5.41, 5.74) is 12.6. The van der Waals surface area contributed by atoms with Crippen LogP contribution in [0.25, 0.3) is 0 Å². The molecular formula is C22H30ClNO. The molecule has 0 spiro atoms. The Morgan fingerprint density at radius 3 is 1.72 bits per heavy atom. The summed E-state index contributed by atoms with van der Waals surface area (Å²) < 4.78 is 0. The first-order valence-corrected chi connectivity index (χ1v) is 9.07. The fraction of sp³-hybridized carbons (Fsp3) is 0.455. The highest BCUT2D eigenvalue weighted by molar-refractivity contribution is 6.30. The van der Waals surface area contributed by atoms with Crippen LogP contribution in [0, 0.1) is 40.0 Å². The van der Waals surface area contributed by atoms with Crippen LogP contribution in [0.15, 0.2) is 18.2 Å². The highest BCUT2D eigenvalue weighted by Gasteiger charge is 2.47. The van der Waals surface area contributed by atoms with E-state index >= 15 is 0 Å². The van der Waals surface area contributed by atoms with E-state index < -0.39 is 11.0 Å². The van der Waals surface area contributed by atoms with Crippen molar-refractivity contribution in [2.75, 3.05) is 5.73 Å². The summed E-state index contributed by atoms with van der Waals surface area (Å²) in [5, 5.41) is 12.7. The van der Waals surface area contributed by atoms with E-state index in [0.29, 0.717) is 16.3 Å². The first kappa shape index (κ1) is 19.8. The van der Waals surface area contributed by atoms with Crippen LogP contribution in [0.4, 0.5) is 5.69 Å². The Balaban J connectivity index is 3.03. The summed E-state index contributed by atoms with van der Waals surface area (Å²) in [5.74, 6) is 0. The number of aliphatic hydroxyl groups is 1. The van der Waals surface area contributed by atoms with Gasteiger partial charge in [0.05, 0.1) is 0 Å². The van der Waals surface area contributed by atoms with Gasteiger partial charge in [-0.05, 0) is 91.6 Å². The normalized spacial score (nSPS) is 14.5. The van der Waals surface area contributed by atoms with Crippen LogP contribution in [-0.2, 0) is 5.60 Å². The summed E-state index contributed by atoms with van der Waals surface area (Å²) in [6.07, 6.45) is 0. The summed E-state index contributed by atoms with van der Waals surface area (Å²) in [7, 11) is 0. The molecule has 2 aromatic carbocycles. The number of anilines is 1. The molecule has 0 aliphatic heterocycles. The van der Waals surface area contributed by atoms with Crippen molar-refractivity contribution in [1.29, 1.82) is 0 Å². The van der Waals surface area contributed by atoms with E-state index in [-0.39, 0.29) is 0 Å². The van der Waals surface area contributed by atoms with Gasteiger partial charge in [-0.15, -0.1) is 0 Å². The second kappa shape index (κ2) is 6.34. The van der Waals surface area contributed by atoms with E-state index in [1.807, 2.05) is 20.8 Å². The minimum absolute atomic E-state index is 0.477. The van der Waals surface area contributed by atoms with Crippen LogP contribution in [-0.4, -0.2) is 5.11 Å². The molecule has 0 fully saturated rings. The number of hydrogen-bond donors (Lipinski definition) is 2. The first-order valence-electron chi connectivity index (χ1n) is 8.69. The van der Waals surface area contributed by atoms with Gasteiger partial charge in [0.25, 0.3) is 0 Å². The highest BCUT2D eigenvalue weighted by Crippen LogP contribution is 2.50. The highest BCUT2D eigenvalue weighted by atomic mass is 35.5. The molecule has 1 unspecified atom stereocenters. The third-order valence-electron chi connectivity index (χ3n) is 5.85.